The maximum Gasteiger partial charge on any atom is 0.219 e. The fraction of sp³-hybridized carbons (Fsp3) is 0.333. The van der Waals surface area contributed by atoms with Crippen molar-refractivity contribution in [3.8, 4) is 10.6 Å². The molecule has 3 aromatic heterocycles. The third kappa shape index (κ3) is 4.96. The second-order valence-corrected chi connectivity index (χ2v) is 8.27. The fourth-order valence-corrected chi connectivity index (χ4v) is 4.22. The molecule has 7 nitrogen and oxygen atoms in total. The van der Waals surface area contributed by atoms with E-state index in [1.54, 1.807) is 24.5 Å². The molecule has 0 spiro atoms. The molecule has 0 atom stereocenters. The van der Waals surface area contributed by atoms with Gasteiger partial charge < -0.3 is 10.2 Å². The standard InChI is InChI=1S/C21H24N6OS/c1-15-6-7-22-20(12-15)25-19-5-3-4-17(24-19)18-13-23-21(29-18)14-26-8-10-27(11-9-26)16(2)28/h3-7,12-13H,8-11,14H2,1-2H3,(H,22,24,25). The topological polar surface area (TPSA) is 74.2 Å². The van der Waals surface area contributed by atoms with Crippen molar-refractivity contribution in [2.45, 2.75) is 20.4 Å². The van der Waals surface area contributed by atoms with E-state index in [-0.39, 0.29) is 5.91 Å². The number of aromatic nitrogens is 3. The van der Waals surface area contributed by atoms with Gasteiger partial charge in [-0.3, -0.25) is 9.69 Å². The first kappa shape index (κ1) is 19.5. The minimum atomic E-state index is 0.154. The first-order valence-electron chi connectivity index (χ1n) is 9.66. The summed E-state index contributed by atoms with van der Waals surface area (Å²) in [5, 5.41) is 4.33. The van der Waals surface area contributed by atoms with Gasteiger partial charge in [-0.15, -0.1) is 11.3 Å². The van der Waals surface area contributed by atoms with Crippen molar-refractivity contribution in [1.82, 2.24) is 24.8 Å². The molecule has 4 rings (SSSR count). The molecule has 1 saturated heterocycles. The van der Waals surface area contributed by atoms with Gasteiger partial charge in [0.05, 0.1) is 17.1 Å². The number of hydrogen-bond donors (Lipinski definition) is 1. The molecule has 1 aliphatic rings. The van der Waals surface area contributed by atoms with Crippen LogP contribution in [0.4, 0.5) is 11.6 Å². The number of amides is 1. The Balaban J connectivity index is 1.41. The molecular formula is C21H24N6OS. The third-order valence-corrected chi connectivity index (χ3v) is 5.91. The Bertz CT molecular complexity index is 996. The number of aryl methyl sites for hydroxylation is 1. The maximum atomic E-state index is 11.5. The van der Waals surface area contributed by atoms with Crippen molar-refractivity contribution in [1.29, 1.82) is 0 Å². The number of carbonyl (C=O) groups is 1. The molecule has 29 heavy (non-hydrogen) atoms. The lowest BCUT2D eigenvalue weighted by Crippen LogP contribution is -2.47. The lowest BCUT2D eigenvalue weighted by Gasteiger charge is -2.33. The molecule has 0 radical (unpaired) electrons. The monoisotopic (exact) mass is 408 g/mol. The summed E-state index contributed by atoms with van der Waals surface area (Å²) in [4.78, 5) is 30.4. The van der Waals surface area contributed by atoms with Gasteiger partial charge in [-0.1, -0.05) is 6.07 Å². The molecule has 0 unspecified atom stereocenters. The minimum absolute atomic E-state index is 0.154. The van der Waals surface area contributed by atoms with Crippen LogP contribution in [0.25, 0.3) is 10.6 Å². The number of pyridine rings is 2. The zero-order valence-electron chi connectivity index (χ0n) is 16.6. The van der Waals surface area contributed by atoms with E-state index in [1.165, 1.54) is 0 Å². The normalized spacial score (nSPS) is 14.8. The molecule has 0 saturated carbocycles. The van der Waals surface area contributed by atoms with Gasteiger partial charge in [0, 0.05) is 45.5 Å². The number of carbonyl (C=O) groups excluding carboxylic acids is 1. The van der Waals surface area contributed by atoms with Gasteiger partial charge >= 0.3 is 0 Å². The van der Waals surface area contributed by atoms with Crippen LogP contribution in [0.3, 0.4) is 0 Å². The predicted octanol–water partition coefficient (Wildman–Crippen LogP) is 3.32. The van der Waals surface area contributed by atoms with Crippen LogP contribution in [-0.4, -0.2) is 56.8 Å². The van der Waals surface area contributed by atoms with E-state index in [9.17, 15) is 4.79 Å². The van der Waals surface area contributed by atoms with Gasteiger partial charge in [0.2, 0.25) is 5.91 Å². The number of rotatable bonds is 5. The summed E-state index contributed by atoms with van der Waals surface area (Å²) in [7, 11) is 0. The summed E-state index contributed by atoms with van der Waals surface area (Å²) in [6.07, 6.45) is 3.68. The van der Waals surface area contributed by atoms with Crippen LogP contribution in [0.5, 0.6) is 0 Å². The summed E-state index contributed by atoms with van der Waals surface area (Å²) < 4.78 is 0. The number of nitrogens with zero attached hydrogens (tertiary/aromatic N) is 5. The Labute approximate surface area is 174 Å². The zero-order valence-corrected chi connectivity index (χ0v) is 17.4. The molecule has 0 aliphatic carbocycles. The van der Waals surface area contributed by atoms with E-state index >= 15 is 0 Å². The summed E-state index contributed by atoms with van der Waals surface area (Å²) in [5.41, 5.74) is 2.04. The van der Waals surface area contributed by atoms with Crippen LogP contribution >= 0.6 is 11.3 Å². The number of hydrogen-bond acceptors (Lipinski definition) is 7. The smallest absolute Gasteiger partial charge is 0.219 e. The van der Waals surface area contributed by atoms with Gasteiger partial charge in [0.1, 0.15) is 16.6 Å². The van der Waals surface area contributed by atoms with Crippen LogP contribution in [0.2, 0.25) is 0 Å². The van der Waals surface area contributed by atoms with Crippen LogP contribution < -0.4 is 5.32 Å². The highest BCUT2D eigenvalue weighted by atomic mass is 32.1. The van der Waals surface area contributed by atoms with E-state index in [4.69, 9.17) is 4.98 Å². The predicted molar refractivity (Wildman–Crippen MR) is 115 cm³/mol. The second-order valence-electron chi connectivity index (χ2n) is 7.15. The Morgan fingerprint density at radius 1 is 1.14 bits per heavy atom. The van der Waals surface area contributed by atoms with E-state index < -0.39 is 0 Å². The number of anilines is 2. The molecule has 3 aromatic rings. The van der Waals surface area contributed by atoms with Crippen molar-refractivity contribution in [3.63, 3.8) is 0 Å². The minimum Gasteiger partial charge on any atom is -0.340 e. The molecule has 1 amide bonds. The first-order valence-corrected chi connectivity index (χ1v) is 10.5. The van der Waals surface area contributed by atoms with Gasteiger partial charge in [-0.2, -0.15) is 0 Å². The molecule has 0 bridgehead atoms. The van der Waals surface area contributed by atoms with Crippen molar-refractivity contribution in [3.05, 3.63) is 53.3 Å². The van der Waals surface area contributed by atoms with Gasteiger partial charge in [0.15, 0.2) is 0 Å². The summed E-state index contributed by atoms with van der Waals surface area (Å²) in [5.74, 6) is 1.70. The highest BCUT2D eigenvalue weighted by Crippen LogP contribution is 2.27. The molecule has 1 N–H and O–H groups in total. The van der Waals surface area contributed by atoms with E-state index in [2.05, 4.69) is 20.2 Å². The Hall–Kier alpha value is -2.84. The SMILES string of the molecule is CC(=O)N1CCN(Cc2ncc(-c3cccc(Nc4cc(C)ccn4)n3)s2)CC1. The average Bonchev–Trinajstić information content (AvgIpc) is 3.17. The zero-order chi connectivity index (χ0) is 20.2. The molecule has 8 heteroatoms. The first-order chi connectivity index (χ1) is 14.1. The molecule has 1 aliphatic heterocycles. The maximum absolute atomic E-state index is 11.5. The van der Waals surface area contributed by atoms with Gasteiger partial charge in [0.25, 0.3) is 0 Å². The summed E-state index contributed by atoms with van der Waals surface area (Å²) in [6, 6.07) is 9.88. The van der Waals surface area contributed by atoms with Crippen LogP contribution in [0.1, 0.15) is 17.5 Å². The Morgan fingerprint density at radius 2 is 1.97 bits per heavy atom. The number of nitrogens with one attached hydrogen (secondary N) is 1. The fourth-order valence-electron chi connectivity index (χ4n) is 3.29. The van der Waals surface area contributed by atoms with Crippen molar-refractivity contribution in [2.24, 2.45) is 0 Å². The van der Waals surface area contributed by atoms with Gasteiger partial charge in [-0.05, 0) is 36.8 Å². The van der Waals surface area contributed by atoms with Crippen LogP contribution in [0.15, 0.2) is 42.7 Å². The van der Waals surface area contributed by atoms with Crippen LogP contribution in [0, 0.1) is 6.92 Å². The Kier molecular flexibility index (Phi) is 5.82. The molecule has 4 heterocycles. The van der Waals surface area contributed by atoms with Crippen LogP contribution in [-0.2, 0) is 11.3 Å². The summed E-state index contributed by atoms with van der Waals surface area (Å²) in [6.45, 7) is 7.82. The largest absolute Gasteiger partial charge is 0.340 e. The lowest BCUT2D eigenvalue weighted by molar-refractivity contribution is -0.130. The molecule has 150 valence electrons. The van der Waals surface area contributed by atoms with E-state index in [0.29, 0.717) is 0 Å². The van der Waals surface area contributed by atoms with Gasteiger partial charge in [-0.25, -0.2) is 15.0 Å². The number of piperazine rings is 1. The Morgan fingerprint density at radius 3 is 2.72 bits per heavy atom. The average molecular weight is 409 g/mol. The lowest BCUT2D eigenvalue weighted by atomic mass is 10.3. The molecule has 1 fully saturated rings. The second kappa shape index (κ2) is 8.67. The van der Waals surface area contributed by atoms with E-state index in [0.717, 1.165) is 65.5 Å². The third-order valence-electron chi connectivity index (χ3n) is 4.90. The summed E-state index contributed by atoms with van der Waals surface area (Å²) >= 11 is 1.66. The van der Waals surface area contributed by atoms with Crippen molar-refractivity contribution in [2.75, 3.05) is 31.5 Å². The van der Waals surface area contributed by atoms with E-state index in [1.807, 2.05) is 48.4 Å². The molecule has 0 aromatic carbocycles. The highest BCUT2D eigenvalue weighted by Gasteiger charge is 2.19. The quantitative estimate of drug-likeness (QED) is 0.698. The number of thiazole rings is 1. The van der Waals surface area contributed by atoms with Crippen molar-refractivity contribution >= 4 is 28.9 Å². The van der Waals surface area contributed by atoms with Crippen molar-refractivity contribution < 1.29 is 4.79 Å². The highest BCUT2D eigenvalue weighted by molar-refractivity contribution is 7.15. The molecular weight excluding hydrogens is 384 g/mol.